The summed E-state index contributed by atoms with van der Waals surface area (Å²) < 4.78 is 0. The third kappa shape index (κ3) is 2.42. The van der Waals surface area contributed by atoms with Crippen molar-refractivity contribution < 1.29 is 4.79 Å². The van der Waals surface area contributed by atoms with Gasteiger partial charge in [0, 0.05) is 24.3 Å². The molecule has 0 bridgehead atoms. The number of carbonyl (C=O) groups is 1. The van der Waals surface area contributed by atoms with Crippen molar-refractivity contribution in [3.8, 4) is 0 Å². The molecule has 0 spiro atoms. The average Bonchev–Trinajstić information content (AvgIpc) is 2.33. The van der Waals surface area contributed by atoms with Gasteiger partial charge in [-0.15, -0.1) is 0 Å². The van der Waals surface area contributed by atoms with Crippen molar-refractivity contribution in [1.29, 1.82) is 0 Å². The Balaban J connectivity index is 2.52. The summed E-state index contributed by atoms with van der Waals surface area (Å²) in [5.74, 6) is 0.0215. The number of thiocarbonyl (C=S) groups is 1. The fraction of sp³-hybridized carbons (Fsp3) is 0.429. The van der Waals surface area contributed by atoms with Gasteiger partial charge in [0.1, 0.15) is 10.5 Å². The number of benzene rings is 1. The van der Waals surface area contributed by atoms with Gasteiger partial charge in [0.2, 0.25) is 5.91 Å². The molecule has 102 valence electrons. The molecule has 0 atom stereocenters. The van der Waals surface area contributed by atoms with E-state index in [4.69, 9.17) is 18.0 Å². The fourth-order valence-electron chi connectivity index (χ4n) is 2.40. The molecule has 0 aliphatic carbocycles. The van der Waals surface area contributed by atoms with Gasteiger partial charge in [-0.3, -0.25) is 4.79 Å². The van der Waals surface area contributed by atoms with Gasteiger partial charge in [0.25, 0.3) is 0 Å². The summed E-state index contributed by atoms with van der Waals surface area (Å²) in [5, 5.41) is 2.89. The highest BCUT2D eigenvalue weighted by atomic mass is 32.1. The van der Waals surface area contributed by atoms with Crippen LogP contribution in [0, 0.1) is 6.92 Å². The summed E-state index contributed by atoms with van der Waals surface area (Å²) in [5.41, 5.74) is 8.08. The van der Waals surface area contributed by atoms with E-state index in [1.54, 1.807) is 0 Å². The number of hydrogen-bond acceptors (Lipinski definition) is 3. The van der Waals surface area contributed by atoms with E-state index in [-0.39, 0.29) is 5.91 Å². The van der Waals surface area contributed by atoms with Crippen LogP contribution in [0.2, 0.25) is 0 Å². The van der Waals surface area contributed by atoms with Gasteiger partial charge >= 0.3 is 0 Å². The molecular weight excluding hydrogens is 258 g/mol. The predicted molar refractivity (Wildman–Crippen MR) is 81.5 cm³/mol. The highest BCUT2D eigenvalue weighted by Gasteiger charge is 2.38. The lowest BCUT2D eigenvalue weighted by atomic mass is 9.96. The van der Waals surface area contributed by atoms with Crippen LogP contribution in [0.15, 0.2) is 18.2 Å². The van der Waals surface area contributed by atoms with Crippen molar-refractivity contribution in [1.82, 2.24) is 5.32 Å². The Morgan fingerprint density at radius 2 is 2.16 bits per heavy atom. The van der Waals surface area contributed by atoms with Gasteiger partial charge in [-0.05, 0) is 32.9 Å². The van der Waals surface area contributed by atoms with Crippen LogP contribution in [-0.2, 0) is 4.79 Å². The normalized spacial score (nSPS) is 18.1. The second-order valence-corrected chi connectivity index (χ2v) is 5.79. The van der Waals surface area contributed by atoms with Crippen molar-refractivity contribution >= 4 is 28.8 Å². The summed E-state index contributed by atoms with van der Waals surface area (Å²) in [7, 11) is 0. The summed E-state index contributed by atoms with van der Waals surface area (Å²) >= 11 is 5.13. The lowest BCUT2D eigenvalue weighted by Gasteiger charge is -2.43. The first-order chi connectivity index (χ1) is 8.84. The van der Waals surface area contributed by atoms with E-state index in [1.165, 1.54) is 0 Å². The lowest BCUT2D eigenvalue weighted by Crippen LogP contribution is -2.62. The third-order valence-corrected chi connectivity index (χ3v) is 3.78. The molecule has 1 aromatic rings. The molecule has 3 N–H and O–H groups in total. The fourth-order valence-corrected chi connectivity index (χ4v) is 2.57. The van der Waals surface area contributed by atoms with E-state index in [2.05, 4.69) is 10.2 Å². The van der Waals surface area contributed by atoms with Crippen LogP contribution in [0.25, 0.3) is 0 Å². The summed E-state index contributed by atoms with van der Waals surface area (Å²) in [4.78, 5) is 14.5. The smallest absolute Gasteiger partial charge is 0.245 e. The first kappa shape index (κ1) is 13.8. The van der Waals surface area contributed by atoms with E-state index in [9.17, 15) is 4.79 Å². The molecule has 0 aromatic heterocycles. The standard InChI is InChI=1S/C14H19N3OS/c1-9-4-5-11(10(8-9)12(15)19)17-7-6-16-13(18)14(17,2)3/h4-5,8H,6-7H2,1-3H3,(H2,15,19)(H,16,18). The number of nitrogens with one attached hydrogen (secondary N) is 1. The quantitative estimate of drug-likeness (QED) is 0.801. The van der Waals surface area contributed by atoms with Gasteiger partial charge < -0.3 is 16.0 Å². The monoisotopic (exact) mass is 277 g/mol. The van der Waals surface area contributed by atoms with Crippen LogP contribution in [-0.4, -0.2) is 29.5 Å². The number of amides is 1. The van der Waals surface area contributed by atoms with Crippen LogP contribution in [0.3, 0.4) is 0 Å². The highest BCUT2D eigenvalue weighted by molar-refractivity contribution is 7.80. The van der Waals surface area contributed by atoms with Crippen molar-refractivity contribution in [3.05, 3.63) is 29.3 Å². The number of anilines is 1. The molecule has 5 heteroatoms. The molecule has 4 nitrogen and oxygen atoms in total. The maximum absolute atomic E-state index is 12.0. The number of aryl methyl sites for hydroxylation is 1. The molecule has 1 heterocycles. The minimum absolute atomic E-state index is 0.0215. The van der Waals surface area contributed by atoms with Gasteiger partial charge in [-0.2, -0.15) is 0 Å². The Morgan fingerprint density at radius 1 is 1.47 bits per heavy atom. The Labute approximate surface area is 119 Å². The average molecular weight is 277 g/mol. The Kier molecular flexibility index (Phi) is 3.49. The number of carbonyl (C=O) groups excluding carboxylic acids is 1. The Morgan fingerprint density at radius 3 is 2.79 bits per heavy atom. The number of nitrogens with two attached hydrogens (primary N) is 1. The second kappa shape index (κ2) is 4.81. The zero-order valence-corrected chi connectivity index (χ0v) is 12.3. The van der Waals surface area contributed by atoms with E-state index < -0.39 is 5.54 Å². The first-order valence-corrected chi connectivity index (χ1v) is 6.71. The second-order valence-electron chi connectivity index (χ2n) is 5.35. The van der Waals surface area contributed by atoms with Crippen molar-refractivity contribution in [2.45, 2.75) is 26.3 Å². The molecule has 2 rings (SSSR count). The largest absolute Gasteiger partial charge is 0.389 e. The van der Waals surface area contributed by atoms with E-state index >= 15 is 0 Å². The molecule has 19 heavy (non-hydrogen) atoms. The van der Waals surface area contributed by atoms with Gasteiger partial charge in [0.05, 0.1) is 0 Å². The van der Waals surface area contributed by atoms with E-state index in [0.29, 0.717) is 11.5 Å². The first-order valence-electron chi connectivity index (χ1n) is 6.30. The van der Waals surface area contributed by atoms with Crippen LogP contribution in [0.4, 0.5) is 5.69 Å². The topological polar surface area (TPSA) is 58.4 Å². The van der Waals surface area contributed by atoms with Crippen LogP contribution in [0.1, 0.15) is 25.0 Å². The molecule has 1 aliphatic rings. The van der Waals surface area contributed by atoms with Crippen molar-refractivity contribution in [2.24, 2.45) is 5.73 Å². The molecule has 1 amide bonds. The molecule has 1 aliphatic heterocycles. The SMILES string of the molecule is Cc1ccc(N2CCNC(=O)C2(C)C)c(C(N)=S)c1. The molecule has 1 saturated heterocycles. The van der Waals surface area contributed by atoms with E-state index in [0.717, 1.165) is 23.4 Å². The molecule has 1 aromatic carbocycles. The summed E-state index contributed by atoms with van der Waals surface area (Å²) in [6.07, 6.45) is 0. The minimum Gasteiger partial charge on any atom is -0.389 e. The third-order valence-electron chi connectivity index (χ3n) is 3.56. The van der Waals surface area contributed by atoms with Crippen molar-refractivity contribution in [3.63, 3.8) is 0 Å². The van der Waals surface area contributed by atoms with E-state index in [1.807, 2.05) is 39.0 Å². The maximum atomic E-state index is 12.0. The van der Waals surface area contributed by atoms with Crippen LogP contribution in [0.5, 0.6) is 0 Å². The minimum atomic E-state index is -0.604. The summed E-state index contributed by atoms with van der Waals surface area (Å²) in [6.45, 7) is 7.19. The van der Waals surface area contributed by atoms with Gasteiger partial charge in [-0.1, -0.05) is 23.8 Å². The van der Waals surface area contributed by atoms with Gasteiger partial charge in [0.15, 0.2) is 0 Å². The Bertz CT molecular complexity index is 539. The maximum Gasteiger partial charge on any atom is 0.245 e. The zero-order chi connectivity index (χ0) is 14.2. The molecule has 0 unspecified atom stereocenters. The van der Waals surface area contributed by atoms with Gasteiger partial charge in [-0.25, -0.2) is 0 Å². The lowest BCUT2D eigenvalue weighted by molar-refractivity contribution is -0.126. The highest BCUT2D eigenvalue weighted by Crippen LogP contribution is 2.30. The number of rotatable bonds is 2. The predicted octanol–water partition coefficient (Wildman–Crippen LogP) is 1.34. The number of hydrogen-bond donors (Lipinski definition) is 2. The summed E-state index contributed by atoms with van der Waals surface area (Å²) in [6, 6.07) is 5.98. The molecule has 0 saturated carbocycles. The Hall–Kier alpha value is -1.62. The zero-order valence-electron chi connectivity index (χ0n) is 11.5. The molecular formula is C14H19N3OS. The van der Waals surface area contributed by atoms with Crippen molar-refractivity contribution in [2.75, 3.05) is 18.0 Å². The molecule has 1 fully saturated rings. The molecule has 0 radical (unpaired) electrons. The number of piperazine rings is 1. The van der Waals surface area contributed by atoms with Crippen LogP contribution >= 0.6 is 12.2 Å². The number of nitrogens with zero attached hydrogens (tertiary/aromatic N) is 1. The van der Waals surface area contributed by atoms with Crippen LogP contribution < -0.4 is 16.0 Å².